The van der Waals surface area contributed by atoms with Gasteiger partial charge < -0.3 is 14.8 Å². The summed E-state index contributed by atoms with van der Waals surface area (Å²) in [5.74, 6) is 0.916. The van der Waals surface area contributed by atoms with Crippen molar-refractivity contribution < 1.29 is 4.79 Å². The van der Waals surface area contributed by atoms with Crippen molar-refractivity contribution >= 4 is 29.2 Å². The molecular formula is C25H26N8OS. The molecule has 0 aliphatic rings. The van der Waals surface area contributed by atoms with Gasteiger partial charge in [-0.25, -0.2) is 4.68 Å². The van der Waals surface area contributed by atoms with Gasteiger partial charge in [0.1, 0.15) is 11.6 Å². The number of hydrogen-bond acceptors (Lipinski definition) is 7. The van der Waals surface area contributed by atoms with Crippen LogP contribution in [0.3, 0.4) is 0 Å². The Labute approximate surface area is 208 Å². The van der Waals surface area contributed by atoms with Gasteiger partial charge in [-0.05, 0) is 50.2 Å². The van der Waals surface area contributed by atoms with Crippen molar-refractivity contribution in [1.29, 1.82) is 5.26 Å². The first-order valence-corrected chi connectivity index (χ1v) is 12.2. The van der Waals surface area contributed by atoms with Gasteiger partial charge in [-0.2, -0.15) is 10.4 Å². The number of nitrogens with zero attached hydrogens (tertiary/aromatic N) is 7. The van der Waals surface area contributed by atoms with E-state index in [-0.39, 0.29) is 11.7 Å². The van der Waals surface area contributed by atoms with Crippen LogP contribution in [-0.4, -0.2) is 49.3 Å². The molecule has 2 aromatic carbocycles. The zero-order valence-electron chi connectivity index (χ0n) is 19.8. The molecule has 0 atom stereocenters. The van der Waals surface area contributed by atoms with E-state index in [0.29, 0.717) is 16.5 Å². The SMILES string of the molecule is CCN(CC)c1ccc(-c2nnc(SCC(=O)Nc3c(C#N)cnn3-c3ccccc3)n2C)cc1. The van der Waals surface area contributed by atoms with E-state index in [2.05, 4.69) is 57.6 Å². The van der Waals surface area contributed by atoms with Crippen LogP contribution in [-0.2, 0) is 11.8 Å². The summed E-state index contributed by atoms with van der Waals surface area (Å²) in [6.07, 6.45) is 1.44. The molecule has 0 saturated carbocycles. The molecular weight excluding hydrogens is 460 g/mol. The number of anilines is 2. The molecule has 0 aliphatic heterocycles. The molecule has 9 nitrogen and oxygen atoms in total. The largest absolute Gasteiger partial charge is 0.372 e. The third kappa shape index (κ3) is 5.20. The molecule has 4 rings (SSSR count). The Balaban J connectivity index is 1.44. The molecule has 0 aliphatic carbocycles. The predicted molar refractivity (Wildman–Crippen MR) is 138 cm³/mol. The molecule has 2 heterocycles. The number of amides is 1. The molecule has 10 heteroatoms. The van der Waals surface area contributed by atoms with Gasteiger partial charge in [0, 0.05) is 31.4 Å². The molecule has 1 N–H and O–H groups in total. The van der Waals surface area contributed by atoms with Crippen LogP contribution in [0.1, 0.15) is 19.4 Å². The maximum Gasteiger partial charge on any atom is 0.236 e. The first-order valence-electron chi connectivity index (χ1n) is 11.3. The number of nitriles is 1. The molecule has 0 saturated heterocycles. The fourth-order valence-electron chi connectivity index (χ4n) is 3.72. The molecule has 0 spiro atoms. The van der Waals surface area contributed by atoms with Crippen LogP contribution in [0.4, 0.5) is 11.5 Å². The second kappa shape index (κ2) is 10.9. The van der Waals surface area contributed by atoms with E-state index in [1.54, 1.807) is 4.68 Å². The van der Waals surface area contributed by atoms with E-state index < -0.39 is 0 Å². The molecule has 1 amide bonds. The van der Waals surface area contributed by atoms with Gasteiger partial charge in [0.25, 0.3) is 0 Å². The highest BCUT2D eigenvalue weighted by molar-refractivity contribution is 7.99. The Morgan fingerprint density at radius 3 is 2.46 bits per heavy atom. The average molecular weight is 487 g/mol. The van der Waals surface area contributed by atoms with Crippen molar-refractivity contribution in [2.24, 2.45) is 7.05 Å². The third-order valence-corrected chi connectivity index (χ3v) is 6.59. The first kappa shape index (κ1) is 24.0. The van der Waals surface area contributed by atoms with Crippen LogP contribution in [0.2, 0.25) is 0 Å². The molecule has 35 heavy (non-hydrogen) atoms. The van der Waals surface area contributed by atoms with Gasteiger partial charge in [0.05, 0.1) is 17.6 Å². The maximum absolute atomic E-state index is 12.7. The summed E-state index contributed by atoms with van der Waals surface area (Å²) in [5.41, 5.74) is 3.17. The Hall–Kier alpha value is -4.10. The molecule has 0 bridgehead atoms. The van der Waals surface area contributed by atoms with Gasteiger partial charge in [0.15, 0.2) is 16.8 Å². The lowest BCUT2D eigenvalue weighted by molar-refractivity contribution is -0.113. The van der Waals surface area contributed by atoms with E-state index in [9.17, 15) is 10.1 Å². The molecule has 2 aromatic heterocycles. The molecule has 0 radical (unpaired) electrons. The van der Waals surface area contributed by atoms with E-state index >= 15 is 0 Å². The summed E-state index contributed by atoms with van der Waals surface area (Å²) < 4.78 is 3.42. The number of carbonyl (C=O) groups is 1. The Kier molecular flexibility index (Phi) is 7.48. The van der Waals surface area contributed by atoms with Crippen molar-refractivity contribution in [1.82, 2.24) is 24.5 Å². The zero-order valence-corrected chi connectivity index (χ0v) is 20.7. The number of rotatable bonds is 9. The quantitative estimate of drug-likeness (QED) is 0.355. The van der Waals surface area contributed by atoms with Crippen LogP contribution in [0, 0.1) is 11.3 Å². The van der Waals surface area contributed by atoms with Crippen LogP contribution < -0.4 is 10.2 Å². The van der Waals surface area contributed by atoms with Gasteiger partial charge >= 0.3 is 0 Å². The standard InChI is InChI=1S/C25H26N8OS/c1-4-32(5-2)20-13-11-18(12-14-20)24-29-30-25(31(24)3)35-17-22(34)28-23-19(15-26)16-27-33(23)21-9-7-6-8-10-21/h6-14,16H,4-5,17H2,1-3H3,(H,28,34). The van der Waals surface area contributed by atoms with E-state index in [0.717, 1.165) is 30.2 Å². The Bertz CT molecular complexity index is 1330. The Morgan fingerprint density at radius 1 is 1.09 bits per heavy atom. The van der Waals surface area contributed by atoms with Crippen molar-refractivity contribution in [2.75, 3.05) is 29.1 Å². The number of carbonyl (C=O) groups excluding carboxylic acids is 1. The lowest BCUT2D eigenvalue weighted by Gasteiger charge is -2.21. The van der Waals surface area contributed by atoms with Gasteiger partial charge in [-0.3, -0.25) is 4.79 Å². The molecule has 0 unspecified atom stereocenters. The predicted octanol–water partition coefficient (Wildman–Crippen LogP) is 4.12. The van der Waals surface area contributed by atoms with E-state index in [1.807, 2.05) is 54.1 Å². The summed E-state index contributed by atoms with van der Waals surface area (Å²) in [6.45, 7) is 6.17. The number of nitrogens with one attached hydrogen (secondary N) is 1. The van der Waals surface area contributed by atoms with Crippen LogP contribution in [0.5, 0.6) is 0 Å². The Morgan fingerprint density at radius 2 is 1.80 bits per heavy atom. The molecule has 178 valence electrons. The minimum atomic E-state index is -0.266. The lowest BCUT2D eigenvalue weighted by atomic mass is 10.2. The lowest BCUT2D eigenvalue weighted by Crippen LogP contribution is -2.21. The fourth-order valence-corrected chi connectivity index (χ4v) is 4.43. The topological polar surface area (TPSA) is 105 Å². The number of thioether (sulfide) groups is 1. The van der Waals surface area contributed by atoms with Crippen LogP contribution in [0.25, 0.3) is 17.1 Å². The van der Waals surface area contributed by atoms with E-state index in [4.69, 9.17) is 0 Å². The van der Waals surface area contributed by atoms with Crippen molar-refractivity contribution in [3.63, 3.8) is 0 Å². The van der Waals surface area contributed by atoms with Gasteiger partial charge in [-0.1, -0.05) is 30.0 Å². The highest BCUT2D eigenvalue weighted by Gasteiger charge is 2.17. The van der Waals surface area contributed by atoms with Gasteiger partial charge in [0.2, 0.25) is 5.91 Å². The average Bonchev–Trinajstić information content (AvgIpc) is 3.47. The highest BCUT2D eigenvalue weighted by atomic mass is 32.2. The molecule has 4 aromatic rings. The normalized spacial score (nSPS) is 10.7. The monoisotopic (exact) mass is 486 g/mol. The van der Waals surface area contributed by atoms with E-state index in [1.165, 1.54) is 23.6 Å². The second-order valence-corrected chi connectivity index (χ2v) is 8.63. The smallest absolute Gasteiger partial charge is 0.236 e. The first-order chi connectivity index (χ1) is 17.0. The number of benzene rings is 2. The van der Waals surface area contributed by atoms with Crippen LogP contribution in [0.15, 0.2) is 66.0 Å². The minimum Gasteiger partial charge on any atom is -0.372 e. The van der Waals surface area contributed by atoms with Gasteiger partial charge in [-0.15, -0.1) is 10.2 Å². The summed E-state index contributed by atoms with van der Waals surface area (Å²) in [4.78, 5) is 15.0. The fraction of sp³-hybridized carbons (Fsp3) is 0.240. The summed E-state index contributed by atoms with van der Waals surface area (Å²) in [7, 11) is 1.88. The second-order valence-electron chi connectivity index (χ2n) is 7.69. The van der Waals surface area contributed by atoms with Crippen LogP contribution >= 0.6 is 11.8 Å². The summed E-state index contributed by atoms with van der Waals surface area (Å²) >= 11 is 1.28. The number of aromatic nitrogens is 5. The van der Waals surface area contributed by atoms with Crippen molar-refractivity contribution in [3.8, 4) is 23.1 Å². The zero-order chi connectivity index (χ0) is 24.8. The highest BCUT2D eigenvalue weighted by Crippen LogP contribution is 2.26. The summed E-state index contributed by atoms with van der Waals surface area (Å²) in [6, 6.07) is 19.7. The number of para-hydroxylation sites is 1. The maximum atomic E-state index is 12.7. The number of hydrogen-bond donors (Lipinski definition) is 1. The molecule has 0 fully saturated rings. The van der Waals surface area contributed by atoms with Crippen molar-refractivity contribution in [2.45, 2.75) is 19.0 Å². The van der Waals surface area contributed by atoms with Crippen molar-refractivity contribution in [3.05, 3.63) is 66.4 Å². The third-order valence-electron chi connectivity index (χ3n) is 5.57. The summed E-state index contributed by atoms with van der Waals surface area (Å²) in [5, 5.41) is 25.7. The minimum absolute atomic E-state index is 0.109.